The molecule has 0 atom stereocenters. The first-order valence-electron chi connectivity index (χ1n) is 6.47. The second kappa shape index (κ2) is 5.54. The van der Waals surface area contributed by atoms with E-state index < -0.39 is 5.97 Å². The van der Waals surface area contributed by atoms with Gasteiger partial charge in [0.2, 0.25) is 0 Å². The van der Waals surface area contributed by atoms with Gasteiger partial charge in [-0.05, 0) is 29.7 Å². The Morgan fingerprint density at radius 3 is 2.14 bits per heavy atom. The number of fused-ring (bicyclic) bond motifs is 1. The van der Waals surface area contributed by atoms with Gasteiger partial charge in [-0.2, -0.15) is 5.11 Å². The fourth-order valence-corrected chi connectivity index (χ4v) is 2.16. The van der Waals surface area contributed by atoms with Crippen LogP contribution in [0.15, 0.2) is 77.0 Å². The van der Waals surface area contributed by atoms with Crippen LogP contribution in [0.1, 0.15) is 10.4 Å². The minimum atomic E-state index is -0.947. The number of rotatable bonds is 3. The first kappa shape index (κ1) is 13.0. The molecule has 0 saturated carbocycles. The maximum atomic E-state index is 11.3. The zero-order valence-corrected chi connectivity index (χ0v) is 11.1. The third-order valence-corrected chi connectivity index (χ3v) is 3.16. The Morgan fingerprint density at radius 1 is 0.762 bits per heavy atom. The number of benzene rings is 3. The van der Waals surface area contributed by atoms with Crippen molar-refractivity contribution >= 4 is 28.1 Å². The van der Waals surface area contributed by atoms with E-state index in [-0.39, 0.29) is 5.56 Å². The summed E-state index contributed by atoms with van der Waals surface area (Å²) in [4.78, 5) is 11.3. The van der Waals surface area contributed by atoms with Gasteiger partial charge < -0.3 is 5.11 Å². The van der Waals surface area contributed by atoms with Crippen molar-refractivity contribution in [1.29, 1.82) is 0 Å². The van der Waals surface area contributed by atoms with Crippen LogP contribution in [0.5, 0.6) is 0 Å². The van der Waals surface area contributed by atoms with E-state index in [1.807, 2.05) is 48.5 Å². The number of carboxylic acid groups (broad SMARTS) is 1. The maximum absolute atomic E-state index is 11.3. The number of hydrogen-bond acceptors (Lipinski definition) is 3. The molecule has 4 nitrogen and oxygen atoms in total. The van der Waals surface area contributed by atoms with Gasteiger partial charge >= 0.3 is 5.97 Å². The highest BCUT2D eigenvalue weighted by Crippen LogP contribution is 2.30. The second-order valence-electron chi connectivity index (χ2n) is 4.52. The van der Waals surface area contributed by atoms with Crippen molar-refractivity contribution in [1.82, 2.24) is 0 Å². The van der Waals surface area contributed by atoms with Gasteiger partial charge in [0.05, 0.1) is 16.9 Å². The van der Waals surface area contributed by atoms with Crippen LogP contribution in [0.25, 0.3) is 10.8 Å². The third-order valence-electron chi connectivity index (χ3n) is 3.16. The normalized spacial score (nSPS) is 11.0. The number of nitrogens with zero attached hydrogens (tertiary/aromatic N) is 2. The Balaban J connectivity index is 2.10. The van der Waals surface area contributed by atoms with E-state index in [2.05, 4.69) is 10.2 Å². The molecule has 0 radical (unpaired) electrons. The largest absolute Gasteiger partial charge is 0.478 e. The summed E-state index contributed by atoms with van der Waals surface area (Å²) in [6.07, 6.45) is 0. The van der Waals surface area contributed by atoms with Crippen LogP contribution >= 0.6 is 0 Å². The highest BCUT2D eigenvalue weighted by Gasteiger charge is 2.10. The summed E-state index contributed by atoms with van der Waals surface area (Å²) in [5.74, 6) is -0.947. The highest BCUT2D eigenvalue weighted by atomic mass is 16.4. The van der Waals surface area contributed by atoms with E-state index in [0.717, 1.165) is 11.1 Å². The summed E-state index contributed by atoms with van der Waals surface area (Å²) in [5, 5.41) is 19.1. The summed E-state index contributed by atoms with van der Waals surface area (Å²) in [6, 6.07) is 19.9. The molecule has 4 heteroatoms. The lowest BCUT2D eigenvalue weighted by Gasteiger charge is -2.04. The zero-order valence-electron chi connectivity index (χ0n) is 11.1. The van der Waals surface area contributed by atoms with Crippen LogP contribution in [0.4, 0.5) is 11.4 Å². The lowest BCUT2D eigenvalue weighted by Crippen LogP contribution is -1.96. The van der Waals surface area contributed by atoms with Gasteiger partial charge in [-0.15, -0.1) is 5.11 Å². The average Bonchev–Trinajstić information content (AvgIpc) is 2.53. The van der Waals surface area contributed by atoms with E-state index in [1.54, 1.807) is 18.2 Å². The fourth-order valence-electron chi connectivity index (χ4n) is 2.16. The number of carboxylic acids is 1. The fraction of sp³-hybridized carbons (Fsp3) is 0. The molecule has 0 bridgehead atoms. The number of carbonyl (C=O) groups is 1. The SMILES string of the molecule is O=C(O)c1ccc(N=Nc2ccccc2)c2ccccc12. The molecule has 0 saturated heterocycles. The predicted octanol–water partition coefficient (Wildman–Crippen LogP) is 4.95. The van der Waals surface area contributed by atoms with Gasteiger partial charge in [0.15, 0.2) is 0 Å². The summed E-state index contributed by atoms with van der Waals surface area (Å²) in [7, 11) is 0. The molecule has 0 aliphatic carbocycles. The van der Waals surface area contributed by atoms with Crippen molar-refractivity contribution in [3.05, 3.63) is 72.3 Å². The second-order valence-corrected chi connectivity index (χ2v) is 4.52. The molecule has 21 heavy (non-hydrogen) atoms. The van der Waals surface area contributed by atoms with E-state index >= 15 is 0 Å². The van der Waals surface area contributed by atoms with Gasteiger partial charge in [0, 0.05) is 5.39 Å². The number of aromatic carboxylic acids is 1. The molecular formula is C17H12N2O2. The quantitative estimate of drug-likeness (QED) is 0.688. The van der Waals surface area contributed by atoms with Crippen molar-refractivity contribution in [3.63, 3.8) is 0 Å². The molecule has 0 heterocycles. The lowest BCUT2D eigenvalue weighted by molar-refractivity contribution is 0.0699. The molecule has 0 fully saturated rings. The summed E-state index contributed by atoms with van der Waals surface area (Å²) >= 11 is 0. The topological polar surface area (TPSA) is 62.0 Å². The van der Waals surface area contributed by atoms with E-state index in [0.29, 0.717) is 11.1 Å². The predicted molar refractivity (Wildman–Crippen MR) is 81.5 cm³/mol. The number of azo groups is 1. The van der Waals surface area contributed by atoms with E-state index in [4.69, 9.17) is 0 Å². The van der Waals surface area contributed by atoms with Gasteiger partial charge in [0.25, 0.3) is 0 Å². The Labute approximate surface area is 121 Å². The third kappa shape index (κ3) is 2.65. The Hall–Kier alpha value is -3.01. The molecule has 1 N–H and O–H groups in total. The smallest absolute Gasteiger partial charge is 0.336 e. The van der Waals surface area contributed by atoms with Crippen LogP contribution in [0.3, 0.4) is 0 Å². The van der Waals surface area contributed by atoms with Gasteiger partial charge in [-0.25, -0.2) is 4.79 Å². The van der Waals surface area contributed by atoms with Crippen LogP contribution < -0.4 is 0 Å². The lowest BCUT2D eigenvalue weighted by atomic mass is 10.0. The number of hydrogen-bond donors (Lipinski definition) is 1. The van der Waals surface area contributed by atoms with Crippen molar-refractivity contribution in [2.24, 2.45) is 10.2 Å². The highest BCUT2D eigenvalue weighted by molar-refractivity contribution is 6.07. The molecule has 3 rings (SSSR count). The van der Waals surface area contributed by atoms with E-state index in [1.165, 1.54) is 0 Å². The standard InChI is InChI=1S/C17H12N2O2/c20-17(21)15-10-11-16(14-9-5-4-8-13(14)15)19-18-12-6-2-1-3-7-12/h1-11H,(H,20,21). The van der Waals surface area contributed by atoms with Crippen molar-refractivity contribution < 1.29 is 9.90 Å². The van der Waals surface area contributed by atoms with Crippen molar-refractivity contribution in [3.8, 4) is 0 Å². The minimum absolute atomic E-state index is 0.268. The molecule has 0 unspecified atom stereocenters. The first-order valence-corrected chi connectivity index (χ1v) is 6.47. The minimum Gasteiger partial charge on any atom is -0.478 e. The Morgan fingerprint density at radius 2 is 1.43 bits per heavy atom. The molecule has 0 aliphatic heterocycles. The van der Waals surface area contributed by atoms with Crippen LogP contribution in [-0.2, 0) is 0 Å². The van der Waals surface area contributed by atoms with Crippen LogP contribution in [0, 0.1) is 0 Å². The summed E-state index contributed by atoms with van der Waals surface area (Å²) in [6.45, 7) is 0. The molecule has 0 aliphatic rings. The maximum Gasteiger partial charge on any atom is 0.336 e. The Bertz CT molecular complexity index is 827. The van der Waals surface area contributed by atoms with Crippen LogP contribution in [-0.4, -0.2) is 11.1 Å². The first-order chi connectivity index (χ1) is 10.3. The summed E-state index contributed by atoms with van der Waals surface area (Å²) < 4.78 is 0. The molecule has 3 aromatic rings. The van der Waals surface area contributed by atoms with E-state index in [9.17, 15) is 9.90 Å². The molecule has 0 amide bonds. The zero-order chi connectivity index (χ0) is 14.7. The molecule has 102 valence electrons. The average molecular weight is 276 g/mol. The van der Waals surface area contributed by atoms with Gasteiger partial charge in [-0.1, -0.05) is 42.5 Å². The monoisotopic (exact) mass is 276 g/mol. The molecule has 0 aromatic heterocycles. The molecule has 0 spiro atoms. The summed E-state index contributed by atoms with van der Waals surface area (Å²) in [5.41, 5.74) is 1.67. The van der Waals surface area contributed by atoms with Crippen molar-refractivity contribution in [2.45, 2.75) is 0 Å². The van der Waals surface area contributed by atoms with Crippen molar-refractivity contribution in [2.75, 3.05) is 0 Å². The van der Waals surface area contributed by atoms with Crippen LogP contribution in [0.2, 0.25) is 0 Å². The molecule has 3 aromatic carbocycles. The van der Waals surface area contributed by atoms with Gasteiger partial charge in [0.1, 0.15) is 0 Å². The van der Waals surface area contributed by atoms with Gasteiger partial charge in [-0.3, -0.25) is 0 Å². The molecular weight excluding hydrogens is 264 g/mol. The Kier molecular flexibility index (Phi) is 3.43.